The SMILES string of the molecule is CN(C)c1ccccc1Nc1cc(F)c(C(=O)O)cc1N. The number of carboxylic acids is 1. The zero-order chi connectivity index (χ0) is 15.6. The van der Waals surface area contributed by atoms with Gasteiger partial charge in [-0.3, -0.25) is 0 Å². The zero-order valence-corrected chi connectivity index (χ0v) is 11.7. The van der Waals surface area contributed by atoms with E-state index in [1.165, 1.54) is 0 Å². The van der Waals surface area contributed by atoms with Crippen molar-refractivity contribution >= 4 is 28.7 Å². The largest absolute Gasteiger partial charge is 0.478 e. The van der Waals surface area contributed by atoms with Crippen LogP contribution in [0.25, 0.3) is 0 Å². The number of aromatic carboxylic acids is 1. The molecule has 2 aromatic carbocycles. The predicted octanol–water partition coefficient (Wildman–Crippen LogP) is 2.92. The van der Waals surface area contributed by atoms with Crippen LogP contribution in [0.4, 0.5) is 27.1 Å². The lowest BCUT2D eigenvalue weighted by molar-refractivity contribution is 0.0692. The smallest absolute Gasteiger partial charge is 0.338 e. The van der Waals surface area contributed by atoms with Gasteiger partial charge in [0.1, 0.15) is 5.82 Å². The van der Waals surface area contributed by atoms with Crippen LogP contribution in [0, 0.1) is 5.82 Å². The van der Waals surface area contributed by atoms with E-state index in [0.717, 1.165) is 23.5 Å². The van der Waals surface area contributed by atoms with Gasteiger partial charge < -0.3 is 21.1 Å². The minimum absolute atomic E-state index is 0.169. The Morgan fingerprint density at radius 3 is 2.52 bits per heavy atom. The van der Waals surface area contributed by atoms with E-state index >= 15 is 0 Å². The number of nitrogens with two attached hydrogens (primary N) is 1. The molecule has 110 valence electrons. The van der Waals surface area contributed by atoms with Crippen molar-refractivity contribution in [2.24, 2.45) is 0 Å². The fourth-order valence-electron chi connectivity index (χ4n) is 1.98. The number of nitrogens with one attached hydrogen (secondary N) is 1. The minimum atomic E-state index is -1.35. The number of nitrogens with zero attached hydrogens (tertiary/aromatic N) is 1. The van der Waals surface area contributed by atoms with Crippen molar-refractivity contribution in [1.82, 2.24) is 0 Å². The molecule has 2 aromatic rings. The van der Waals surface area contributed by atoms with Gasteiger partial charge in [0.25, 0.3) is 0 Å². The van der Waals surface area contributed by atoms with Crippen molar-refractivity contribution < 1.29 is 14.3 Å². The molecular weight excluding hydrogens is 273 g/mol. The fourth-order valence-corrected chi connectivity index (χ4v) is 1.98. The second kappa shape index (κ2) is 5.70. The Morgan fingerprint density at radius 2 is 1.90 bits per heavy atom. The lowest BCUT2D eigenvalue weighted by atomic mass is 10.1. The van der Waals surface area contributed by atoms with E-state index in [1.807, 2.05) is 43.3 Å². The van der Waals surface area contributed by atoms with E-state index in [0.29, 0.717) is 5.69 Å². The summed E-state index contributed by atoms with van der Waals surface area (Å²) in [7, 11) is 3.77. The molecule has 0 saturated carbocycles. The molecule has 4 N–H and O–H groups in total. The van der Waals surface area contributed by atoms with Crippen LogP contribution in [0.3, 0.4) is 0 Å². The predicted molar refractivity (Wildman–Crippen MR) is 81.8 cm³/mol. The van der Waals surface area contributed by atoms with Gasteiger partial charge in [0, 0.05) is 20.2 Å². The second-order valence-electron chi connectivity index (χ2n) is 4.76. The van der Waals surface area contributed by atoms with Crippen LogP contribution in [0.15, 0.2) is 36.4 Å². The summed E-state index contributed by atoms with van der Waals surface area (Å²) >= 11 is 0. The summed E-state index contributed by atoms with van der Waals surface area (Å²) in [4.78, 5) is 12.8. The Morgan fingerprint density at radius 1 is 1.24 bits per heavy atom. The number of hydrogen-bond donors (Lipinski definition) is 3. The molecule has 0 aliphatic heterocycles. The van der Waals surface area contributed by atoms with Gasteiger partial charge in [-0.25, -0.2) is 9.18 Å². The summed E-state index contributed by atoms with van der Waals surface area (Å²) in [5, 5.41) is 11.9. The van der Waals surface area contributed by atoms with Gasteiger partial charge in [0.2, 0.25) is 0 Å². The van der Waals surface area contributed by atoms with E-state index < -0.39 is 17.3 Å². The maximum Gasteiger partial charge on any atom is 0.338 e. The summed E-state index contributed by atoms with van der Waals surface area (Å²) in [6.07, 6.45) is 0. The summed E-state index contributed by atoms with van der Waals surface area (Å²) in [6.45, 7) is 0. The minimum Gasteiger partial charge on any atom is -0.478 e. The highest BCUT2D eigenvalue weighted by Crippen LogP contribution is 2.31. The summed E-state index contributed by atoms with van der Waals surface area (Å²) in [5.74, 6) is -2.18. The molecule has 0 bridgehead atoms. The van der Waals surface area contributed by atoms with Crippen molar-refractivity contribution in [2.45, 2.75) is 0 Å². The molecule has 0 unspecified atom stereocenters. The van der Waals surface area contributed by atoms with Gasteiger partial charge in [-0.15, -0.1) is 0 Å². The van der Waals surface area contributed by atoms with Crippen LogP contribution < -0.4 is 16.0 Å². The number of benzene rings is 2. The fraction of sp³-hybridized carbons (Fsp3) is 0.133. The van der Waals surface area contributed by atoms with Gasteiger partial charge in [0.15, 0.2) is 0 Å². The molecule has 0 radical (unpaired) electrons. The molecule has 0 fully saturated rings. The van der Waals surface area contributed by atoms with Crippen LogP contribution >= 0.6 is 0 Å². The van der Waals surface area contributed by atoms with Gasteiger partial charge >= 0.3 is 5.97 Å². The monoisotopic (exact) mass is 289 g/mol. The summed E-state index contributed by atoms with van der Waals surface area (Å²) in [6, 6.07) is 9.66. The van der Waals surface area contributed by atoms with Crippen LogP contribution in [0.2, 0.25) is 0 Å². The van der Waals surface area contributed by atoms with Gasteiger partial charge in [-0.2, -0.15) is 0 Å². The topological polar surface area (TPSA) is 78.6 Å². The van der Waals surface area contributed by atoms with Crippen molar-refractivity contribution in [1.29, 1.82) is 0 Å². The Balaban J connectivity index is 2.41. The van der Waals surface area contributed by atoms with Crippen molar-refractivity contribution in [3.05, 3.63) is 47.8 Å². The Labute approximate surface area is 121 Å². The number of halogens is 1. The lowest BCUT2D eigenvalue weighted by Gasteiger charge is -2.19. The number of hydrogen-bond acceptors (Lipinski definition) is 4. The van der Waals surface area contributed by atoms with Crippen molar-refractivity contribution in [3.63, 3.8) is 0 Å². The van der Waals surface area contributed by atoms with E-state index in [9.17, 15) is 9.18 Å². The normalized spacial score (nSPS) is 10.2. The molecular formula is C15H16FN3O2. The van der Waals surface area contributed by atoms with E-state index in [4.69, 9.17) is 10.8 Å². The molecule has 0 heterocycles. The molecule has 21 heavy (non-hydrogen) atoms. The zero-order valence-electron chi connectivity index (χ0n) is 11.7. The Bertz CT molecular complexity index is 687. The van der Waals surface area contributed by atoms with Crippen LogP contribution in [-0.4, -0.2) is 25.2 Å². The number of nitrogen functional groups attached to an aromatic ring is 1. The number of rotatable bonds is 4. The number of anilines is 4. The first-order valence-electron chi connectivity index (χ1n) is 6.26. The van der Waals surface area contributed by atoms with Crippen LogP contribution in [0.1, 0.15) is 10.4 Å². The Hall–Kier alpha value is -2.76. The standard InChI is InChI=1S/C15H16FN3O2/c1-19(2)14-6-4-3-5-12(14)18-13-8-10(16)9(15(20)21)7-11(13)17/h3-8,18H,17H2,1-2H3,(H,20,21). The second-order valence-corrected chi connectivity index (χ2v) is 4.76. The maximum atomic E-state index is 13.8. The average molecular weight is 289 g/mol. The third kappa shape index (κ3) is 3.05. The molecule has 0 aliphatic rings. The highest BCUT2D eigenvalue weighted by molar-refractivity contribution is 5.91. The third-order valence-electron chi connectivity index (χ3n) is 3.02. The third-order valence-corrected chi connectivity index (χ3v) is 3.02. The van der Waals surface area contributed by atoms with Crippen LogP contribution in [-0.2, 0) is 0 Å². The molecule has 0 aliphatic carbocycles. The van der Waals surface area contributed by atoms with Crippen molar-refractivity contribution in [3.8, 4) is 0 Å². The number of carboxylic acid groups (broad SMARTS) is 1. The molecule has 0 aromatic heterocycles. The first-order valence-corrected chi connectivity index (χ1v) is 6.26. The molecule has 5 nitrogen and oxygen atoms in total. The average Bonchev–Trinajstić information content (AvgIpc) is 2.42. The van der Waals surface area contributed by atoms with E-state index in [1.54, 1.807) is 0 Å². The van der Waals surface area contributed by atoms with Gasteiger partial charge in [-0.1, -0.05) is 12.1 Å². The number of para-hydroxylation sites is 2. The van der Waals surface area contributed by atoms with E-state index in [2.05, 4.69) is 5.32 Å². The van der Waals surface area contributed by atoms with E-state index in [-0.39, 0.29) is 5.69 Å². The first kappa shape index (κ1) is 14.6. The maximum absolute atomic E-state index is 13.8. The molecule has 0 spiro atoms. The molecule has 0 saturated heterocycles. The van der Waals surface area contributed by atoms with Gasteiger partial charge in [-0.05, 0) is 18.2 Å². The highest BCUT2D eigenvalue weighted by atomic mass is 19.1. The summed E-state index contributed by atoms with van der Waals surface area (Å²) in [5.41, 5.74) is 7.49. The molecule has 2 rings (SSSR count). The molecule has 0 atom stereocenters. The van der Waals surface area contributed by atoms with Gasteiger partial charge in [0.05, 0.1) is 28.3 Å². The Kier molecular flexibility index (Phi) is 3.98. The molecule has 0 amide bonds. The number of carbonyl (C=O) groups is 1. The van der Waals surface area contributed by atoms with Crippen LogP contribution in [0.5, 0.6) is 0 Å². The molecule has 6 heteroatoms. The lowest BCUT2D eigenvalue weighted by Crippen LogP contribution is -2.11. The quantitative estimate of drug-likeness (QED) is 0.754. The highest BCUT2D eigenvalue weighted by Gasteiger charge is 2.14. The first-order chi connectivity index (χ1) is 9.90. The van der Waals surface area contributed by atoms with Crippen molar-refractivity contribution in [2.75, 3.05) is 30.0 Å². The summed E-state index contributed by atoms with van der Waals surface area (Å²) < 4.78 is 13.8.